The average molecular weight is 291 g/mol. The molecule has 1 aliphatic rings. The molecule has 1 aromatic carbocycles. The molecule has 1 fully saturated rings. The second kappa shape index (κ2) is 5.01. The largest absolute Gasteiger partial charge is 0.459 e. The zero-order valence-corrected chi connectivity index (χ0v) is 13.0. The second-order valence-corrected chi connectivity index (χ2v) is 7.63. The van der Waals surface area contributed by atoms with E-state index in [9.17, 15) is 4.21 Å². The van der Waals surface area contributed by atoms with Crippen LogP contribution in [0, 0.1) is 0 Å². The van der Waals surface area contributed by atoms with Gasteiger partial charge < -0.3 is 9.73 Å². The summed E-state index contributed by atoms with van der Waals surface area (Å²) in [4.78, 5) is 0. The van der Waals surface area contributed by atoms with E-state index in [1.807, 2.05) is 18.2 Å². The molecule has 108 valence electrons. The van der Waals surface area contributed by atoms with E-state index in [2.05, 4.69) is 32.2 Å². The molecule has 0 aliphatic carbocycles. The SMILES string of the molecule is CCc1c(C2CS(=O)CC(C)(C)N2)oc2ccccc12. The van der Waals surface area contributed by atoms with Gasteiger partial charge in [0.2, 0.25) is 0 Å². The van der Waals surface area contributed by atoms with Gasteiger partial charge in [-0.1, -0.05) is 25.1 Å². The highest BCUT2D eigenvalue weighted by Crippen LogP contribution is 2.33. The van der Waals surface area contributed by atoms with Crippen LogP contribution in [-0.2, 0) is 17.2 Å². The number of benzene rings is 1. The minimum atomic E-state index is -0.795. The summed E-state index contributed by atoms with van der Waals surface area (Å²) in [7, 11) is -0.795. The van der Waals surface area contributed by atoms with Crippen molar-refractivity contribution in [2.45, 2.75) is 38.8 Å². The summed E-state index contributed by atoms with van der Waals surface area (Å²) in [6.45, 7) is 6.35. The number of nitrogens with one attached hydrogen (secondary N) is 1. The number of furan rings is 1. The minimum absolute atomic E-state index is 0.0435. The Labute approximate surface area is 122 Å². The molecule has 0 saturated carbocycles. The van der Waals surface area contributed by atoms with Crippen LogP contribution in [0.25, 0.3) is 11.0 Å². The van der Waals surface area contributed by atoms with Gasteiger partial charge in [-0.25, -0.2) is 0 Å². The molecule has 20 heavy (non-hydrogen) atoms. The lowest BCUT2D eigenvalue weighted by atomic mass is 10.0. The predicted molar refractivity (Wildman–Crippen MR) is 83.4 cm³/mol. The molecule has 3 nitrogen and oxygen atoms in total. The molecule has 0 bridgehead atoms. The third-order valence-electron chi connectivity index (χ3n) is 3.84. The third-order valence-corrected chi connectivity index (χ3v) is 5.59. The van der Waals surface area contributed by atoms with Gasteiger partial charge in [0.15, 0.2) is 0 Å². The fraction of sp³-hybridized carbons (Fsp3) is 0.500. The van der Waals surface area contributed by atoms with Gasteiger partial charge in [-0.15, -0.1) is 0 Å². The minimum Gasteiger partial charge on any atom is -0.459 e. The number of rotatable bonds is 2. The van der Waals surface area contributed by atoms with Crippen molar-refractivity contribution < 1.29 is 8.63 Å². The van der Waals surface area contributed by atoms with Gasteiger partial charge in [0, 0.05) is 38.8 Å². The Balaban J connectivity index is 2.07. The normalized spacial score (nSPS) is 25.9. The van der Waals surface area contributed by atoms with Crippen LogP contribution in [0.15, 0.2) is 28.7 Å². The summed E-state index contributed by atoms with van der Waals surface area (Å²) < 4.78 is 18.2. The first-order valence-electron chi connectivity index (χ1n) is 7.13. The van der Waals surface area contributed by atoms with E-state index in [4.69, 9.17) is 4.42 Å². The van der Waals surface area contributed by atoms with Crippen LogP contribution in [0.5, 0.6) is 0 Å². The molecule has 0 amide bonds. The molecule has 2 unspecified atom stereocenters. The van der Waals surface area contributed by atoms with Crippen molar-refractivity contribution in [3.05, 3.63) is 35.6 Å². The maximum absolute atomic E-state index is 12.1. The van der Waals surface area contributed by atoms with Gasteiger partial charge in [-0.05, 0) is 26.3 Å². The molecular weight excluding hydrogens is 270 g/mol. The van der Waals surface area contributed by atoms with Crippen LogP contribution in [0.2, 0.25) is 0 Å². The van der Waals surface area contributed by atoms with Gasteiger partial charge in [-0.3, -0.25) is 4.21 Å². The van der Waals surface area contributed by atoms with Gasteiger partial charge in [-0.2, -0.15) is 0 Å². The molecule has 2 aromatic rings. The second-order valence-electron chi connectivity index (χ2n) is 6.13. The van der Waals surface area contributed by atoms with E-state index in [1.54, 1.807) is 0 Å². The maximum atomic E-state index is 12.1. The van der Waals surface area contributed by atoms with Gasteiger partial charge >= 0.3 is 0 Å². The lowest BCUT2D eigenvalue weighted by molar-refractivity contribution is 0.335. The Morgan fingerprint density at radius 2 is 2.15 bits per heavy atom. The molecule has 1 N–H and O–H groups in total. The first-order chi connectivity index (χ1) is 9.50. The van der Waals surface area contributed by atoms with Crippen molar-refractivity contribution in [3.8, 4) is 0 Å². The highest BCUT2D eigenvalue weighted by atomic mass is 32.2. The van der Waals surface area contributed by atoms with Crippen molar-refractivity contribution in [1.82, 2.24) is 5.32 Å². The van der Waals surface area contributed by atoms with E-state index in [1.165, 1.54) is 10.9 Å². The zero-order chi connectivity index (χ0) is 14.3. The lowest BCUT2D eigenvalue weighted by Gasteiger charge is -2.35. The third kappa shape index (κ3) is 2.42. The van der Waals surface area contributed by atoms with Crippen molar-refractivity contribution in [3.63, 3.8) is 0 Å². The van der Waals surface area contributed by atoms with E-state index in [0.29, 0.717) is 11.5 Å². The topological polar surface area (TPSA) is 42.2 Å². The summed E-state index contributed by atoms with van der Waals surface area (Å²) in [5.41, 5.74) is 2.06. The molecule has 2 heterocycles. The lowest BCUT2D eigenvalue weighted by Crippen LogP contribution is -2.52. The van der Waals surface area contributed by atoms with E-state index in [0.717, 1.165) is 17.8 Å². The molecule has 0 spiro atoms. The summed E-state index contributed by atoms with van der Waals surface area (Å²) in [6.07, 6.45) is 0.928. The van der Waals surface area contributed by atoms with Gasteiger partial charge in [0.05, 0.1) is 6.04 Å². The highest BCUT2D eigenvalue weighted by Gasteiger charge is 2.35. The smallest absolute Gasteiger partial charge is 0.134 e. The zero-order valence-electron chi connectivity index (χ0n) is 12.2. The maximum Gasteiger partial charge on any atom is 0.134 e. The Hall–Kier alpha value is -1.13. The standard InChI is InChI=1S/C16H21NO2S/c1-4-11-12-7-5-6-8-14(12)19-15(11)13-9-20(18)10-16(2,3)17-13/h5-8,13,17H,4,9-10H2,1-3H3. The van der Waals surface area contributed by atoms with Crippen molar-refractivity contribution in [2.24, 2.45) is 0 Å². The molecule has 1 aromatic heterocycles. The van der Waals surface area contributed by atoms with Crippen molar-refractivity contribution >= 4 is 21.8 Å². The first kappa shape index (κ1) is 13.8. The van der Waals surface area contributed by atoms with Crippen LogP contribution in [0.3, 0.4) is 0 Å². The first-order valence-corrected chi connectivity index (χ1v) is 8.62. The van der Waals surface area contributed by atoms with Crippen LogP contribution < -0.4 is 5.32 Å². The van der Waals surface area contributed by atoms with Crippen molar-refractivity contribution in [2.75, 3.05) is 11.5 Å². The van der Waals surface area contributed by atoms with Gasteiger partial charge in [0.1, 0.15) is 11.3 Å². The highest BCUT2D eigenvalue weighted by molar-refractivity contribution is 7.85. The average Bonchev–Trinajstić information content (AvgIpc) is 2.74. The number of fused-ring (bicyclic) bond motifs is 1. The van der Waals surface area contributed by atoms with Crippen LogP contribution in [0.4, 0.5) is 0 Å². The number of hydrogen-bond acceptors (Lipinski definition) is 3. The summed E-state index contributed by atoms with van der Waals surface area (Å²) >= 11 is 0. The van der Waals surface area contributed by atoms with Crippen LogP contribution >= 0.6 is 0 Å². The molecule has 1 aliphatic heterocycles. The summed E-state index contributed by atoms with van der Waals surface area (Å²) in [5.74, 6) is 2.30. The Bertz CT molecular complexity index is 660. The van der Waals surface area contributed by atoms with E-state index in [-0.39, 0.29) is 11.6 Å². The molecular formula is C16H21NO2S. The van der Waals surface area contributed by atoms with E-state index >= 15 is 0 Å². The molecule has 2 atom stereocenters. The molecule has 0 radical (unpaired) electrons. The summed E-state index contributed by atoms with van der Waals surface area (Å²) in [5, 5.41) is 4.77. The summed E-state index contributed by atoms with van der Waals surface area (Å²) in [6, 6.07) is 8.18. The molecule has 3 rings (SSSR count). The molecule has 1 saturated heterocycles. The Morgan fingerprint density at radius 3 is 2.85 bits per heavy atom. The van der Waals surface area contributed by atoms with Crippen LogP contribution in [0.1, 0.15) is 38.1 Å². The Kier molecular flexibility index (Phi) is 3.46. The molecule has 4 heteroatoms. The number of hydrogen-bond donors (Lipinski definition) is 1. The fourth-order valence-corrected chi connectivity index (χ4v) is 4.72. The monoisotopic (exact) mass is 291 g/mol. The van der Waals surface area contributed by atoms with Gasteiger partial charge in [0.25, 0.3) is 0 Å². The predicted octanol–water partition coefficient (Wildman–Crippen LogP) is 3.17. The fourth-order valence-electron chi connectivity index (χ4n) is 3.11. The number of para-hydroxylation sites is 1. The Morgan fingerprint density at radius 1 is 1.40 bits per heavy atom. The quantitative estimate of drug-likeness (QED) is 0.924. The van der Waals surface area contributed by atoms with E-state index < -0.39 is 10.8 Å². The number of aryl methyl sites for hydroxylation is 1. The van der Waals surface area contributed by atoms with Crippen molar-refractivity contribution in [1.29, 1.82) is 0 Å². The van der Waals surface area contributed by atoms with Crippen LogP contribution in [-0.4, -0.2) is 21.3 Å².